The van der Waals surface area contributed by atoms with E-state index in [1.165, 1.54) is 0 Å². The van der Waals surface area contributed by atoms with E-state index in [1.54, 1.807) is 6.92 Å². The third kappa shape index (κ3) is 4.22. The van der Waals surface area contributed by atoms with Gasteiger partial charge in [-0.1, -0.05) is 33.2 Å². The predicted octanol–water partition coefficient (Wildman–Crippen LogP) is 5.51. The minimum absolute atomic E-state index is 0.234. The van der Waals surface area contributed by atoms with Gasteiger partial charge >= 0.3 is 0 Å². The molecule has 0 atom stereocenters. The van der Waals surface area contributed by atoms with Crippen LogP contribution in [0.4, 0.5) is 11.4 Å². The zero-order valence-corrected chi connectivity index (χ0v) is 17.2. The molecule has 140 valence electrons. The van der Waals surface area contributed by atoms with Gasteiger partial charge in [-0.25, -0.2) is 0 Å². The maximum Gasteiger partial charge on any atom is 0.261 e. The van der Waals surface area contributed by atoms with Crippen molar-refractivity contribution < 1.29 is 9.32 Å². The van der Waals surface area contributed by atoms with Crippen LogP contribution in [-0.4, -0.2) is 24.2 Å². The average Bonchev–Trinajstić information content (AvgIpc) is 3.06. The molecule has 5 nitrogen and oxygen atoms in total. The monoisotopic (exact) mass is 427 g/mol. The first-order valence-corrected chi connectivity index (χ1v) is 9.71. The van der Waals surface area contributed by atoms with Crippen LogP contribution in [0.25, 0.3) is 11.3 Å². The van der Waals surface area contributed by atoms with Gasteiger partial charge in [-0.05, 0) is 57.2 Å². The Kier molecular flexibility index (Phi) is 5.96. The molecule has 0 bridgehead atoms. The van der Waals surface area contributed by atoms with Gasteiger partial charge in [0, 0.05) is 34.5 Å². The summed E-state index contributed by atoms with van der Waals surface area (Å²) in [6.45, 7) is 7.88. The van der Waals surface area contributed by atoms with Crippen LogP contribution in [0.3, 0.4) is 0 Å². The molecule has 0 saturated heterocycles. The van der Waals surface area contributed by atoms with Crippen molar-refractivity contribution in [2.75, 3.05) is 23.3 Å². The summed E-state index contributed by atoms with van der Waals surface area (Å²) in [5.74, 6) is 0.257. The third-order valence-electron chi connectivity index (χ3n) is 4.46. The molecule has 0 radical (unpaired) electrons. The van der Waals surface area contributed by atoms with E-state index >= 15 is 0 Å². The number of carbonyl (C=O) groups is 1. The summed E-state index contributed by atoms with van der Waals surface area (Å²) in [7, 11) is 0. The fourth-order valence-electron chi connectivity index (χ4n) is 2.98. The minimum atomic E-state index is -0.234. The SMILES string of the molecule is CCN(CC)c1ccc(NC(=O)c2c(-c3ccc(Br)cc3)noc2C)cc1. The first-order valence-electron chi connectivity index (χ1n) is 8.92. The lowest BCUT2D eigenvalue weighted by Crippen LogP contribution is -2.21. The molecule has 27 heavy (non-hydrogen) atoms. The Morgan fingerprint density at radius 2 is 1.70 bits per heavy atom. The first-order chi connectivity index (χ1) is 13.0. The Morgan fingerprint density at radius 3 is 2.30 bits per heavy atom. The van der Waals surface area contributed by atoms with E-state index in [2.05, 4.69) is 45.2 Å². The van der Waals surface area contributed by atoms with Gasteiger partial charge < -0.3 is 14.7 Å². The molecule has 2 aromatic carbocycles. The molecule has 0 aliphatic carbocycles. The summed E-state index contributed by atoms with van der Waals surface area (Å²) in [4.78, 5) is 15.1. The smallest absolute Gasteiger partial charge is 0.261 e. The van der Waals surface area contributed by atoms with Crippen molar-refractivity contribution in [1.82, 2.24) is 5.16 Å². The Morgan fingerprint density at radius 1 is 1.07 bits per heavy atom. The number of aryl methyl sites for hydroxylation is 1. The molecular weight excluding hydrogens is 406 g/mol. The molecule has 1 N–H and O–H groups in total. The van der Waals surface area contributed by atoms with Crippen LogP contribution in [-0.2, 0) is 0 Å². The zero-order chi connectivity index (χ0) is 19.4. The molecule has 3 rings (SSSR count). The predicted molar refractivity (Wildman–Crippen MR) is 112 cm³/mol. The molecule has 0 aliphatic rings. The Balaban J connectivity index is 1.83. The second-order valence-corrected chi connectivity index (χ2v) is 7.06. The highest BCUT2D eigenvalue weighted by Gasteiger charge is 2.21. The number of nitrogens with zero attached hydrogens (tertiary/aromatic N) is 2. The number of hydrogen-bond donors (Lipinski definition) is 1. The number of hydrogen-bond acceptors (Lipinski definition) is 4. The van der Waals surface area contributed by atoms with E-state index in [4.69, 9.17) is 4.52 Å². The van der Waals surface area contributed by atoms with E-state index < -0.39 is 0 Å². The van der Waals surface area contributed by atoms with Crippen LogP contribution in [0.15, 0.2) is 57.5 Å². The first kappa shape index (κ1) is 19.2. The Hall–Kier alpha value is -2.60. The second kappa shape index (κ2) is 8.39. The molecule has 0 unspecified atom stereocenters. The number of aromatic nitrogens is 1. The highest BCUT2D eigenvalue weighted by molar-refractivity contribution is 9.10. The van der Waals surface area contributed by atoms with Crippen LogP contribution < -0.4 is 10.2 Å². The van der Waals surface area contributed by atoms with Crippen molar-refractivity contribution in [3.63, 3.8) is 0 Å². The van der Waals surface area contributed by atoms with E-state index in [-0.39, 0.29) is 5.91 Å². The van der Waals surface area contributed by atoms with Gasteiger partial charge in [-0.3, -0.25) is 4.79 Å². The van der Waals surface area contributed by atoms with Crippen LogP contribution in [0.1, 0.15) is 30.0 Å². The molecule has 1 heterocycles. The van der Waals surface area contributed by atoms with Crippen molar-refractivity contribution in [2.24, 2.45) is 0 Å². The number of carbonyl (C=O) groups excluding carboxylic acids is 1. The summed E-state index contributed by atoms with van der Waals surface area (Å²) in [6, 6.07) is 15.5. The molecule has 1 amide bonds. The lowest BCUT2D eigenvalue weighted by molar-refractivity contribution is 0.102. The third-order valence-corrected chi connectivity index (χ3v) is 4.99. The fourth-order valence-corrected chi connectivity index (χ4v) is 3.25. The van der Waals surface area contributed by atoms with E-state index in [1.807, 2.05) is 48.5 Å². The summed E-state index contributed by atoms with van der Waals surface area (Å²) in [5.41, 5.74) is 3.69. The molecule has 1 aromatic heterocycles. The summed E-state index contributed by atoms with van der Waals surface area (Å²) < 4.78 is 6.25. The Bertz CT molecular complexity index is 914. The molecule has 0 fully saturated rings. The van der Waals surface area contributed by atoms with Gasteiger partial charge in [0.25, 0.3) is 5.91 Å². The summed E-state index contributed by atoms with van der Waals surface area (Å²) in [5, 5.41) is 7.02. The van der Waals surface area contributed by atoms with Crippen molar-refractivity contribution in [2.45, 2.75) is 20.8 Å². The number of halogens is 1. The summed E-state index contributed by atoms with van der Waals surface area (Å²) >= 11 is 3.41. The van der Waals surface area contributed by atoms with E-state index in [0.717, 1.165) is 34.5 Å². The topological polar surface area (TPSA) is 58.4 Å². The van der Waals surface area contributed by atoms with Gasteiger partial charge in [0.15, 0.2) is 0 Å². The molecule has 0 spiro atoms. The molecular formula is C21H22BrN3O2. The zero-order valence-electron chi connectivity index (χ0n) is 15.6. The second-order valence-electron chi connectivity index (χ2n) is 6.14. The molecule has 0 saturated carbocycles. The normalized spacial score (nSPS) is 10.7. The highest BCUT2D eigenvalue weighted by atomic mass is 79.9. The van der Waals surface area contributed by atoms with Gasteiger partial charge in [0.2, 0.25) is 0 Å². The van der Waals surface area contributed by atoms with Crippen molar-refractivity contribution >= 4 is 33.2 Å². The van der Waals surface area contributed by atoms with Crippen LogP contribution in [0, 0.1) is 6.92 Å². The van der Waals surface area contributed by atoms with Crippen molar-refractivity contribution in [3.8, 4) is 11.3 Å². The number of anilines is 2. The number of rotatable bonds is 6. The van der Waals surface area contributed by atoms with E-state index in [9.17, 15) is 4.79 Å². The van der Waals surface area contributed by atoms with Crippen LogP contribution >= 0.6 is 15.9 Å². The van der Waals surface area contributed by atoms with Crippen molar-refractivity contribution in [1.29, 1.82) is 0 Å². The molecule has 6 heteroatoms. The fraction of sp³-hybridized carbons (Fsp3) is 0.238. The van der Waals surface area contributed by atoms with Gasteiger partial charge in [0.05, 0.1) is 0 Å². The number of benzene rings is 2. The highest BCUT2D eigenvalue weighted by Crippen LogP contribution is 2.27. The van der Waals surface area contributed by atoms with Gasteiger partial charge in [0.1, 0.15) is 17.0 Å². The standard InChI is InChI=1S/C21H22BrN3O2/c1-4-25(5-2)18-12-10-17(11-13-18)23-21(26)19-14(3)27-24-20(19)15-6-8-16(22)9-7-15/h6-13H,4-5H2,1-3H3,(H,23,26). The maximum absolute atomic E-state index is 12.9. The molecule has 0 aliphatic heterocycles. The van der Waals surface area contributed by atoms with Gasteiger partial charge in [-0.15, -0.1) is 0 Å². The largest absolute Gasteiger partial charge is 0.372 e. The quantitative estimate of drug-likeness (QED) is 0.563. The van der Waals surface area contributed by atoms with Gasteiger partial charge in [-0.2, -0.15) is 0 Å². The number of nitrogens with one attached hydrogen (secondary N) is 1. The lowest BCUT2D eigenvalue weighted by atomic mass is 10.1. The minimum Gasteiger partial charge on any atom is -0.372 e. The Labute approximate surface area is 167 Å². The van der Waals surface area contributed by atoms with Crippen LogP contribution in [0.5, 0.6) is 0 Å². The average molecular weight is 428 g/mol. The summed E-state index contributed by atoms with van der Waals surface area (Å²) in [6.07, 6.45) is 0. The van der Waals surface area contributed by atoms with Crippen molar-refractivity contribution in [3.05, 3.63) is 64.3 Å². The lowest BCUT2D eigenvalue weighted by Gasteiger charge is -2.21. The molecule has 3 aromatic rings. The maximum atomic E-state index is 12.9. The van der Waals surface area contributed by atoms with E-state index in [0.29, 0.717) is 17.0 Å². The number of amides is 1. The van der Waals surface area contributed by atoms with Crippen LogP contribution in [0.2, 0.25) is 0 Å².